The van der Waals surface area contributed by atoms with E-state index < -0.39 is 28.0 Å². The number of carbonyl (C=O) groups is 3. The number of benzene rings is 3. The molecule has 1 amide bonds. The van der Waals surface area contributed by atoms with Gasteiger partial charge in [0.1, 0.15) is 6.04 Å². The SMILES string of the molecule is COC(=O)CCc1ccc(CC(NC(=O)C(CC(C)C)c2ccc(NS(=O)(=O)c3ccccc3)cc2)C(=O)OC)cc1. The highest BCUT2D eigenvalue weighted by molar-refractivity contribution is 7.92. The second kappa shape index (κ2) is 15.2. The van der Waals surface area contributed by atoms with Gasteiger partial charge in [0.05, 0.1) is 25.0 Å². The van der Waals surface area contributed by atoms with Crippen LogP contribution < -0.4 is 10.0 Å². The van der Waals surface area contributed by atoms with Crippen LogP contribution in [0.5, 0.6) is 0 Å². The summed E-state index contributed by atoms with van der Waals surface area (Å²) in [6, 6.07) is 21.3. The van der Waals surface area contributed by atoms with Gasteiger partial charge in [-0.1, -0.05) is 68.4 Å². The van der Waals surface area contributed by atoms with Crippen LogP contribution in [-0.4, -0.2) is 46.5 Å². The van der Waals surface area contributed by atoms with Crippen LogP contribution >= 0.6 is 0 Å². The molecular formula is C32H38N2O7S. The summed E-state index contributed by atoms with van der Waals surface area (Å²) in [5.41, 5.74) is 2.84. The van der Waals surface area contributed by atoms with E-state index in [0.717, 1.165) is 11.1 Å². The van der Waals surface area contributed by atoms with Crippen LogP contribution in [0.1, 0.15) is 49.3 Å². The third kappa shape index (κ3) is 9.44. The number of hydrogen-bond acceptors (Lipinski definition) is 7. The Morgan fingerprint density at radius 3 is 2.00 bits per heavy atom. The first kappa shape index (κ1) is 32.3. The molecule has 2 atom stereocenters. The number of hydrogen-bond donors (Lipinski definition) is 2. The molecule has 3 aromatic carbocycles. The zero-order valence-corrected chi connectivity index (χ0v) is 25.1. The molecule has 0 fully saturated rings. The van der Waals surface area contributed by atoms with Gasteiger partial charge in [-0.25, -0.2) is 13.2 Å². The molecule has 0 saturated heterocycles. The van der Waals surface area contributed by atoms with Crippen molar-refractivity contribution in [2.24, 2.45) is 5.92 Å². The van der Waals surface area contributed by atoms with Crippen LogP contribution in [0.15, 0.2) is 83.8 Å². The lowest BCUT2D eigenvalue weighted by molar-refractivity contribution is -0.145. The number of aryl methyl sites for hydroxylation is 1. The molecule has 0 aliphatic carbocycles. The van der Waals surface area contributed by atoms with E-state index in [9.17, 15) is 22.8 Å². The lowest BCUT2D eigenvalue weighted by Crippen LogP contribution is -2.45. The molecule has 0 radical (unpaired) electrons. The van der Waals surface area contributed by atoms with E-state index in [2.05, 4.69) is 14.8 Å². The number of nitrogens with one attached hydrogen (secondary N) is 2. The monoisotopic (exact) mass is 594 g/mol. The number of sulfonamides is 1. The van der Waals surface area contributed by atoms with Gasteiger partial charge in [0.15, 0.2) is 0 Å². The Morgan fingerprint density at radius 2 is 1.43 bits per heavy atom. The first-order valence-electron chi connectivity index (χ1n) is 13.7. The summed E-state index contributed by atoms with van der Waals surface area (Å²) in [6.07, 6.45) is 1.55. The Labute approximate surface area is 247 Å². The Balaban J connectivity index is 1.73. The number of ether oxygens (including phenoxy) is 2. The molecule has 3 rings (SSSR count). The number of rotatable bonds is 14. The molecule has 10 heteroatoms. The summed E-state index contributed by atoms with van der Waals surface area (Å²) in [6.45, 7) is 4.00. The Morgan fingerprint density at radius 1 is 0.810 bits per heavy atom. The minimum absolute atomic E-state index is 0.149. The Kier molecular flexibility index (Phi) is 11.7. The topological polar surface area (TPSA) is 128 Å². The van der Waals surface area contributed by atoms with Crippen molar-refractivity contribution in [3.63, 3.8) is 0 Å². The summed E-state index contributed by atoms with van der Waals surface area (Å²) in [7, 11) is -1.12. The summed E-state index contributed by atoms with van der Waals surface area (Å²) in [5.74, 6) is -1.58. The summed E-state index contributed by atoms with van der Waals surface area (Å²) in [4.78, 5) is 37.8. The Hall–Kier alpha value is -4.18. The Bertz CT molecular complexity index is 1440. The van der Waals surface area contributed by atoms with Crippen LogP contribution in [0.2, 0.25) is 0 Å². The molecule has 0 heterocycles. The van der Waals surface area contributed by atoms with Gasteiger partial charge in [0.2, 0.25) is 5.91 Å². The fourth-order valence-corrected chi connectivity index (χ4v) is 5.58. The lowest BCUT2D eigenvalue weighted by atomic mass is 9.89. The first-order valence-corrected chi connectivity index (χ1v) is 15.2. The quantitative estimate of drug-likeness (QED) is 0.261. The van der Waals surface area contributed by atoms with Gasteiger partial charge >= 0.3 is 11.9 Å². The number of esters is 2. The normalized spacial score (nSPS) is 12.7. The van der Waals surface area contributed by atoms with Gasteiger partial charge in [0.25, 0.3) is 10.0 Å². The molecule has 0 aromatic heterocycles. The van der Waals surface area contributed by atoms with Crippen LogP contribution in [0, 0.1) is 5.92 Å². The van der Waals surface area contributed by atoms with E-state index in [1.165, 1.54) is 26.4 Å². The van der Waals surface area contributed by atoms with E-state index >= 15 is 0 Å². The van der Waals surface area contributed by atoms with Crippen LogP contribution in [0.3, 0.4) is 0 Å². The minimum Gasteiger partial charge on any atom is -0.469 e. The molecular weight excluding hydrogens is 556 g/mol. The van der Waals surface area contributed by atoms with Crippen molar-refractivity contribution >= 4 is 33.6 Å². The van der Waals surface area contributed by atoms with Gasteiger partial charge in [0, 0.05) is 18.5 Å². The molecule has 3 aromatic rings. The lowest BCUT2D eigenvalue weighted by Gasteiger charge is -2.23. The van der Waals surface area contributed by atoms with Crippen LogP contribution in [0.4, 0.5) is 5.69 Å². The second-order valence-corrected chi connectivity index (χ2v) is 12.1. The number of anilines is 1. The van der Waals surface area contributed by atoms with Crippen LogP contribution in [-0.2, 0) is 46.7 Å². The van der Waals surface area contributed by atoms with Crippen molar-refractivity contribution in [2.75, 3.05) is 18.9 Å². The maximum absolute atomic E-state index is 13.6. The summed E-state index contributed by atoms with van der Waals surface area (Å²) in [5, 5.41) is 2.87. The maximum Gasteiger partial charge on any atom is 0.328 e. The largest absolute Gasteiger partial charge is 0.469 e. The predicted molar refractivity (Wildman–Crippen MR) is 160 cm³/mol. The molecule has 0 saturated carbocycles. The molecule has 0 aliphatic heterocycles. The third-order valence-corrected chi connectivity index (χ3v) is 8.15. The van der Waals surface area contributed by atoms with E-state index in [-0.39, 0.29) is 35.5 Å². The number of methoxy groups -OCH3 is 2. The third-order valence-electron chi connectivity index (χ3n) is 6.75. The maximum atomic E-state index is 13.6. The van der Waals surface area contributed by atoms with Crippen molar-refractivity contribution in [3.8, 4) is 0 Å². The standard InChI is InChI=1S/C32H38N2O7S/c1-22(2)20-28(25-15-17-26(18-16-25)34-42(38,39)27-8-6-5-7-9-27)31(36)33-29(32(37)41-4)21-24-12-10-23(11-13-24)14-19-30(35)40-3/h5-13,15-18,22,28-29,34H,14,19-21H2,1-4H3,(H,33,36). The highest BCUT2D eigenvalue weighted by Crippen LogP contribution is 2.27. The van der Waals surface area contributed by atoms with Crippen LogP contribution in [0.25, 0.3) is 0 Å². The highest BCUT2D eigenvalue weighted by Gasteiger charge is 2.28. The number of carbonyl (C=O) groups excluding carboxylic acids is 3. The van der Waals surface area contributed by atoms with Gasteiger partial charge in [-0.2, -0.15) is 0 Å². The zero-order chi connectivity index (χ0) is 30.7. The molecule has 42 heavy (non-hydrogen) atoms. The predicted octanol–water partition coefficient (Wildman–Crippen LogP) is 4.62. The molecule has 0 spiro atoms. The molecule has 0 aliphatic rings. The van der Waals surface area contributed by atoms with Gasteiger partial charge in [-0.3, -0.25) is 14.3 Å². The van der Waals surface area contributed by atoms with E-state index in [1.807, 2.05) is 38.1 Å². The van der Waals surface area contributed by atoms with E-state index in [1.54, 1.807) is 42.5 Å². The van der Waals surface area contributed by atoms with E-state index in [4.69, 9.17) is 4.74 Å². The van der Waals surface area contributed by atoms with Crippen molar-refractivity contribution in [1.29, 1.82) is 0 Å². The molecule has 9 nitrogen and oxygen atoms in total. The van der Waals surface area contributed by atoms with E-state index in [0.29, 0.717) is 24.1 Å². The first-order chi connectivity index (χ1) is 20.0. The second-order valence-electron chi connectivity index (χ2n) is 10.4. The fourth-order valence-electron chi connectivity index (χ4n) is 4.50. The molecule has 2 N–H and O–H groups in total. The average Bonchev–Trinajstić information content (AvgIpc) is 2.99. The molecule has 2 unspecified atom stereocenters. The highest BCUT2D eigenvalue weighted by atomic mass is 32.2. The van der Waals surface area contributed by atoms with Crippen molar-refractivity contribution in [2.45, 2.75) is 56.4 Å². The molecule has 224 valence electrons. The van der Waals surface area contributed by atoms with Gasteiger partial charge in [-0.05, 0) is 59.7 Å². The van der Waals surface area contributed by atoms with Crippen molar-refractivity contribution in [3.05, 3.63) is 95.6 Å². The smallest absolute Gasteiger partial charge is 0.328 e. The van der Waals surface area contributed by atoms with Gasteiger partial charge < -0.3 is 14.8 Å². The fraction of sp³-hybridized carbons (Fsp3) is 0.344. The average molecular weight is 595 g/mol. The van der Waals surface area contributed by atoms with Crippen molar-refractivity contribution < 1.29 is 32.3 Å². The minimum atomic E-state index is -3.75. The van der Waals surface area contributed by atoms with Gasteiger partial charge in [-0.15, -0.1) is 0 Å². The number of amides is 1. The summed E-state index contributed by atoms with van der Waals surface area (Å²) >= 11 is 0. The molecule has 0 bridgehead atoms. The van der Waals surface area contributed by atoms with Crippen molar-refractivity contribution in [1.82, 2.24) is 5.32 Å². The zero-order valence-electron chi connectivity index (χ0n) is 24.3. The summed E-state index contributed by atoms with van der Waals surface area (Å²) < 4.78 is 37.6.